The maximum Gasteiger partial charge on any atom is 0.253 e. The van der Waals surface area contributed by atoms with Crippen LogP contribution in [0.5, 0.6) is 0 Å². The fourth-order valence-electron chi connectivity index (χ4n) is 1.28. The molecular formula is C9H18N2O4. The molecule has 88 valence electrons. The van der Waals surface area contributed by atoms with Crippen molar-refractivity contribution in [2.45, 2.75) is 13.0 Å². The van der Waals surface area contributed by atoms with Crippen LogP contribution in [-0.4, -0.2) is 45.5 Å². The maximum absolute atomic E-state index is 11.7. The molecule has 1 heterocycles. The van der Waals surface area contributed by atoms with Crippen LogP contribution in [-0.2, 0) is 19.1 Å². The maximum atomic E-state index is 11.7. The predicted octanol–water partition coefficient (Wildman–Crippen LogP) is -0.956. The van der Waals surface area contributed by atoms with Crippen molar-refractivity contribution >= 4 is 5.91 Å². The second-order valence-corrected chi connectivity index (χ2v) is 3.81. The van der Waals surface area contributed by atoms with E-state index in [0.29, 0.717) is 26.4 Å². The quantitative estimate of drug-likeness (QED) is 0.459. The summed E-state index contributed by atoms with van der Waals surface area (Å²) >= 11 is 0. The number of hydrogen-bond donors (Lipinski definition) is 2. The summed E-state index contributed by atoms with van der Waals surface area (Å²) < 4.78 is 9.92. The van der Waals surface area contributed by atoms with E-state index in [0.717, 1.165) is 0 Å². The second kappa shape index (κ2) is 5.41. The van der Waals surface area contributed by atoms with Gasteiger partial charge in [-0.2, -0.15) is 0 Å². The van der Waals surface area contributed by atoms with Gasteiger partial charge in [0.2, 0.25) is 0 Å². The van der Waals surface area contributed by atoms with E-state index in [4.69, 9.17) is 20.0 Å². The second-order valence-electron chi connectivity index (χ2n) is 3.81. The molecule has 0 aromatic carbocycles. The Hall–Kier alpha value is -0.690. The summed E-state index contributed by atoms with van der Waals surface area (Å²) in [5.74, 6) is -0.247. The summed E-state index contributed by atoms with van der Waals surface area (Å²) in [4.78, 5) is 16.6. The molecule has 2 unspecified atom stereocenters. The normalized spacial score (nSPS) is 30.5. The van der Waals surface area contributed by atoms with Crippen molar-refractivity contribution in [1.82, 2.24) is 5.48 Å². The predicted molar refractivity (Wildman–Crippen MR) is 52.9 cm³/mol. The molecule has 0 saturated carbocycles. The first-order valence-corrected chi connectivity index (χ1v) is 4.86. The number of methoxy groups -OCH3 is 1. The first-order valence-electron chi connectivity index (χ1n) is 4.86. The fraction of sp³-hybridized carbons (Fsp3) is 0.889. The number of amides is 1. The monoisotopic (exact) mass is 218 g/mol. The van der Waals surface area contributed by atoms with Gasteiger partial charge < -0.3 is 15.2 Å². The Morgan fingerprint density at radius 1 is 1.67 bits per heavy atom. The van der Waals surface area contributed by atoms with E-state index in [-0.39, 0.29) is 11.9 Å². The molecule has 1 aliphatic heterocycles. The number of carbonyl (C=O) groups excluding carboxylic acids is 1. The highest BCUT2D eigenvalue weighted by Crippen LogP contribution is 2.26. The summed E-state index contributed by atoms with van der Waals surface area (Å²) in [6, 6.07) is -0.288. The van der Waals surface area contributed by atoms with E-state index in [1.165, 1.54) is 0 Å². The molecule has 1 amide bonds. The van der Waals surface area contributed by atoms with E-state index in [9.17, 15) is 4.79 Å². The Kier molecular flexibility index (Phi) is 4.46. The number of hydrogen-bond acceptors (Lipinski definition) is 5. The molecule has 1 saturated heterocycles. The molecule has 15 heavy (non-hydrogen) atoms. The molecule has 0 aromatic heterocycles. The highest BCUT2D eigenvalue weighted by atomic mass is 16.7. The molecule has 1 aliphatic rings. The minimum absolute atomic E-state index is 0.247. The van der Waals surface area contributed by atoms with E-state index < -0.39 is 5.41 Å². The molecule has 0 radical (unpaired) electrons. The number of nitrogens with two attached hydrogens (primary N) is 1. The molecule has 0 aromatic rings. The molecule has 6 nitrogen and oxygen atoms in total. The number of carbonyl (C=O) groups is 1. The van der Waals surface area contributed by atoms with Gasteiger partial charge in [-0.1, -0.05) is 0 Å². The Balaban J connectivity index is 2.32. The third-order valence-electron chi connectivity index (χ3n) is 2.59. The van der Waals surface area contributed by atoms with Crippen molar-refractivity contribution in [3.05, 3.63) is 0 Å². The van der Waals surface area contributed by atoms with Crippen molar-refractivity contribution < 1.29 is 19.1 Å². The van der Waals surface area contributed by atoms with E-state index >= 15 is 0 Å². The van der Waals surface area contributed by atoms with Gasteiger partial charge in [0, 0.05) is 13.2 Å². The van der Waals surface area contributed by atoms with Gasteiger partial charge in [0.15, 0.2) is 0 Å². The Morgan fingerprint density at radius 3 is 2.93 bits per heavy atom. The number of rotatable bonds is 5. The van der Waals surface area contributed by atoms with Gasteiger partial charge in [0.1, 0.15) is 0 Å². The standard InChI is InChI=1S/C9H18N2O4/c1-9(6-14-5-7(9)10)8(12)11-15-4-3-13-2/h7H,3-6,10H2,1-2H3,(H,11,12). The molecule has 6 heteroatoms. The Labute approximate surface area is 89.0 Å². The van der Waals surface area contributed by atoms with Crippen LogP contribution in [0.25, 0.3) is 0 Å². The van der Waals surface area contributed by atoms with Crippen LogP contribution in [0.1, 0.15) is 6.92 Å². The first kappa shape index (κ1) is 12.4. The highest BCUT2D eigenvalue weighted by molar-refractivity contribution is 5.82. The van der Waals surface area contributed by atoms with Gasteiger partial charge in [0.25, 0.3) is 5.91 Å². The lowest BCUT2D eigenvalue weighted by Gasteiger charge is -2.24. The van der Waals surface area contributed by atoms with Crippen LogP contribution in [0.15, 0.2) is 0 Å². The molecule has 1 fully saturated rings. The summed E-state index contributed by atoms with van der Waals surface area (Å²) in [6.07, 6.45) is 0. The van der Waals surface area contributed by atoms with Gasteiger partial charge in [0.05, 0.1) is 31.8 Å². The number of nitrogens with one attached hydrogen (secondary N) is 1. The SMILES string of the molecule is COCCONC(=O)C1(C)COCC1N. The van der Waals surface area contributed by atoms with E-state index in [2.05, 4.69) is 5.48 Å². The average Bonchev–Trinajstić information content (AvgIpc) is 2.55. The lowest BCUT2D eigenvalue weighted by Crippen LogP contribution is -2.50. The molecular weight excluding hydrogens is 200 g/mol. The van der Waals surface area contributed by atoms with Crippen LogP contribution >= 0.6 is 0 Å². The largest absolute Gasteiger partial charge is 0.382 e. The molecule has 0 spiro atoms. The van der Waals surface area contributed by atoms with Gasteiger partial charge in [-0.25, -0.2) is 5.48 Å². The Morgan fingerprint density at radius 2 is 2.40 bits per heavy atom. The van der Waals surface area contributed by atoms with Crippen LogP contribution in [0.3, 0.4) is 0 Å². The van der Waals surface area contributed by atoms with Crippen molar-refractivity contribution in [3.8, 4) is 0 Å². The van der Waals surface area contributed by atoms with Crippen molar-refractivity contribution in [3.63, 3.8) is 0 Å². The van der Waals surface area contributed by atoms with Crippen LogP contribution in [0, 0.1) is 5.41 Å². The minimum atomic E-state index is -0.701. The summed E-state index contributed by atoms with van der Waals surface area (Å²) in [5.41, 5.74) is 7.43. The van der Waals surface area contributed by atoms with Crippen molar-refractivity contribution in [1.29, 1.82) is 0 Å². The highest BCUT2D eigenvalue weighted by Gasteiger charge is 2.44. The summed E-state index contributed by atoms with van der Waals surface area (Å²) in [6.45, 7) is 3.24. The molecule has 3 N–H and O–H groups in total. The van der Waals surface area contributed by atoms with Crippen molar-refractivity contribution in [2.24, 2.45) is 11.1 Å². The lowest BCUT2D eigenvalue weighted by atomic mass is 9.85. The molecule has 2 atom stereocenters. The van der Waals surface area contributed by atoms with E-state index in [1.54, 1.807) is 14.0 Å². The first-order chi connectivity index (χ1) is 7.11. The zero-order chi connectivity index (χ0) is 11.3. The zero-order valence-electron chi connectivity index (χ0n) is 9.12. The van der Waals surface area contributed by atoms with Crippen molar-refractivity contribution in [2.75, 3.05) is 33.5 Å². The number of hydroxylamine groups is 1. The molecule has 0 bridgehead atoms. The average molecular weight is 218 g/mol. The van der Waals surface area contributed by atoms with Gasteiger partial charge >= 0.3 is 0 Å². The summed E-state index contributed by atoms with van der Waals surface area (Å²) in [7, 11) is 1.56. The fourth-order valence-corrected chi connectivity index (χ4v) is 1.28. The third-order valence-corrected chi connectivity index (χ3v) is 2.59. The molecule has 0 aliphatic carbocycles. The topological polar surface area (TPSA) is 82.8 Å². The van der Waals surface area contributed by atoms with Gasteiger partial charge in [-0.3, -0.25) is 9.63 Å². The third kappa shape index (κ3) is 2.88. The van der Waals surface area contributed by atoms with Gasteiger partial charge in [-0.15, -0.1) is 0 Å². The van der Waals surface area contributed by atoms with Crippen LogP contribution in [0.4, 0.5) is 0 Å². The Bertz CT molecular complexity index is 224. The molecule has 1 rings (SSSR count). The van der Waals surface area contributed by atoms with E-state index in [1.807, 2.05) is 0 Å². The minimum Gasteiger partial charge on any atom is -0.382 e. The lowest BCUT2D eigenvalue weighted by molar-refractivity contribution is -0.144. The van der Waals surface area contributed by atoms with Crippen LogP contribution < -0.4 is 11.2 Å². The van der Waals surface area contributed by atoms with Gasteiger partial charge in [-0.05, 0) is 6.92 Å². The summed E-state index contributed by atoms with van der Waals surface area (Å²) in [5, 5.41) is 0. The zero-order valence-corrected chi connectivity index (χ0v) is 9.12. The smallest absolute Gasteiger partial charge is 0.253 e. The number of ether oxygens (including phenoxy) is 2. The van der Waals surface area contributed by atoms with Crippen LogP contribution in [0.2, 0.25) is 0 Å².